The monoisotopic (exact) mass is 443 g/mol. The average Bonchev–Trinajstić information content (AvgIpc) is 3.20. The zero-order valence-corrected chi connectivity index (χ0v) is 17.4. The second-order valence-corrected chi connectivity index (χ2v) is 7.81. The lowest BCUT2D eigenvalue weighted by Crippen LogP contribution is -2.16. The Morgan fingerprint density at radius 2 is 1.80 bits per heavy atom. The molecule has 0 saturated heterocycles. The first kappa shape index (κ1) is 20.2. The number of carbonyl (C=O) groups is 2. The van der Waals surface area contributed by atoms with Crippen molar-refractivity contribution in [2.75, 3.05) is 23.8 Å². The highest BCUT2D eigenvalue weighted by molar-refractivity contribution is 7.14. The summed E-state index contributed by atoms with van der Waals surface area (Å²) in [4.78, 5) is 28.9. The third-order valence-electron chi connectivity index (χ3n) is 4.31. The van der Waals surface area contributed by atoms with Gasteiger partial charge in [-0.3, -0.25) is 14.9 Å². The Hall–Kier alpha value is -3.10. The van der Waals surface area contributed by atoms with Crippen molar-refractivity contribution in [1.82, 2.24) is 4.98 Å². The molecule has 2 amide bonds. The first-order valence-corrected chi connectivity index (χ1v) is 10.5. The SMILES string of the molecule is O=C(CCc1csc(NC(=O)c2ccc(Cl)cc2)n1)Nc1ccc2c(c1)OCCO2. The molecule has 0 bridgehead atoms. The summed E-state index contributed by atoms with van der Waals surface area (Å²) in [7, 11) is 0. The van der Waals surface area contributed by atoms with Crippen LogP contribution in [0.1, 0.15) is 22.5 Å². The molecule has 0 aliphatic carbocycles. The van der Waals surface area contributed by atoms with Crippen LogP contribution < -0.4 is 20.1 Å². The van der Waals surface area contributed by atoms with Gasteiger partial charge in [-0.05, 0) is 42.8 Å². The minimum atomic E-state index is -0.260. The summed E-state index contributed by atoms with van der Waals surface area (Å²) in [6.45, 7) is 1.01. The molecule has 4 rings (SSSR count). The number of rotatable bonds is 6. The fourth-order valence-corrected chi connectivity index (χ4v) is 3.70. The van der Waals surface area contributed by atoms with Crippen LogP contribution in [0.3, 0.4) is 0 Å². The first-order valence-electron chi connectivity index (χ1n) is 9.28. The van der Waals surface area contributed by atoms with E-state index in [0.717, 1.165) is 5.69 Å². The predicted molar refractivity (Wildman–Crippen MR) is 116 cm³/mol. The second-order valence-electron chi connectivity index (χ2n) is 6.51. The van der Waals surface area contributed by atoms with Crippen molar-refractivity contribution in [2.24, 2.45) is 0 Å². The average molecular weight is 444 g/mol. The Morgan fingerprint density at radius 3 is 2.60 bits per heavy atom. The Labute approximate surface area is 182 Å². The third-order valence-corrected chi connectivity index (χ3v) is 5.37. The quantitative estimate of drug-likeness (QED) is 0.589. The molecule has 2 N–H and O–H groups in total. The van der Waals surface area contributed by atoms with E-state index >= 15 is 0 Å². The molecule has 7 nitrogen and oxygen atoms in total. The topological polar surface area (TPSA) is 89.6 Å². The molecule has 1 aromatic heterocycles. The van der Waals surface area contributed by atoms with Crippen molar-refractivity contribution in [3.8, 4) is 11.5 Å². The van der Waals surface area contributed by atoms with Crippen LogP contribution in [0.15, 0.2) is 47.8 Å². The van der Waals surface area contributed by atoms with E-state index in [1.807, 2.05) is 5.38 Å². The van der Waals surface area contributed by atoms with Crippen molar-refractivity contribution in [1.29, 1.82) is 0 Å². The molecule has 30 heavy (non-hydrogen) atoms. The number of nitrogens with zero attached hydrogens (tertiary/aromatic N) is 1. The van der Waals surface area contributed by atoms with Crippen molar-refractivity contribution >= 4 is 45.6 Å². The maximum Gasteiger partial charge on any atom is 0.257 e. The van der Waals surface area contributed by atoms with Crippen LogP contribution in [-0.4, -0.2) is 30.0 Å². The van der Waals surface area contributed by atoms with Crippen LogP contribution in [-0.2, 0) is 11.2 Å². The summed E-state index contributed by atoms with van der Waals surface area (Å²) >= 11 is 7.15. The zero-order valence-electron chi connectivity index (χ0n) is 15.8. The Morgan fingerprint density at radius 1 is 1.03 bits per heavy atom. The smallest absolute Gasteiger partial charge is 0.257 e. The lowest BCUT2D eigenvalue weighted by atomic mass is 10.2. The van der Waals surface area contributed by atoms with Crippen molar-refractivity contribution < 1.29 is 19.1 Å². The highest BCUT2D eigenvalue weighted by Crippen LogP contribution is 2.32. The van der Waals surface area contributed by atoms with E-state index in [9.17, 15) is 9.59 Å². The molecule has 2 heterocycles. The van der Waals surface area contributed by atoms with Gasteiger partial charge in [0.2, 0.25) is 5.91 Å². The molecular weight excluding hydrogens is 426 g/mol. The summed E-state index contributed by atoms with van der Waals surface area (Å²) in [5, 5.41) is 8.48. The van der Waals surface area contributed by atoms with Crippen molar-refractivity contribution in [3.63, 3.8) is 0 Å². The molecule has 0 atom stereocenters. The van der Waals surface area contributed by atoms with Crippen LogP contribution in [0.25, 0.3) is 0 Å². The number of carbonyl (C=O) groups excluding carboxylic acids is 2. The summed E-state index contributed by atoms with van der Waals surface area (Å²) in [6.07, 6.45) is 0.729. The lowest BCUT2D eigenvalue weighted by molar-refractivity contribution is -0.116. The van der Waals surface area contributed by atoms with Gasteiger partial charge < -0.3 is 14.8 Å². The maximum absolute atomic E-state index is 12.3. The van der Waals surface area contributed by atoms with Crippen LogP contribution in [0.5, 0.6) is 11.5 Å². The first-order chi connectivity index (χ1) is 14.6. The van der Waals surface area contributed by atoms with Gasteiger partial charge in [-0.2, -0.15) is 0 Å². The molecule has 0 saturated carbocycles. The van der Waals surface area contributed by atoms with Crippen LogP contribution in [0, 0.1) is 0 Å². The molecular formula is C21H18ClN3O4S. The Kier molecular flexibility index (Phi) is 6.15. The van der Waals surface area contributed by atoms with Gasteiger partial charge in [0.25, 0.3) is 5.91 Å². The number of ether oxygens (including phenoxy) is 2. The number of amides is 2. The van der Waals surface area contributed by atoms with Gasteiger partial charge in [0.15, 0.2) is 16.6 Å². The van der Waals surface area contributed by atoms with Gasteiger partial charge in [0.05, 0.1) is 5.69 Å². The molecule has 2 aromatic carbocycles. The number of nitrogens with one attached hydrogen (secondary N) is 2. The molecule has 1 aliphatic heterocycles. The Balaban J connectivity index is 1.28. The van der Waals surface area contributed by atoms with E-state index in [-0.39, 0.29) is 18.2 Å². The minimum absolute atomic E-state index is 0.133. The van der Waals surface area contributed by atoms with Crippen LogP contribution in [0.4, 0.5) is 10.8 Å². The van der Waals surface area contributed by atoms with Gasteiger partial charge in [-0.15, -0.1) is 11.3 Å². The van der Waals surface area contributed by atoms with E-state index in [1.165, 1.54) is 11.3 Å². The molecule has 0 fully saturated rings. The van der Waals surface area contributed by atoms with Crippen LogP contribution >= 0.6 is 22.9 Å². The summed E-state index contributed by atoms with van der Waals surface area (Å²) in [5.41, 5.74) is 1.89. The molecule has 154 valence electrons. The number of hydrogen-bond donors (Lipinski definition) is 2. The maximum atomic E-state index is 12.3. The fourth-order valence-electron chi connectivity index (χ4n) is 2.84. The molecule has 9 heteroatoms. The van der Waals surface area contributed by atoms with Crippen molar-refractivity contribution in [3.05, 3.63) is 64.1 Å². The predicted octanol–water partition coefficient (Wildman–Crippen LogP) is 4.39. The number of aryl methyl sites for hydroxylation is 1. The highest BCUT2D eigenvalue weighted by Gasteiger charge is 2.14. The van der Waals surface area contributed by atoms with Gasteiger partial charge in [0, 0.05) is 34.1 Å². The van der Waals surface area contributed by atoms with Gasteiger partial charge in [-0.25, -0.2) is 4.98 Å². The number of anilines is 2. The van der Waals surface area contributed by atoms with Crippen molar-refractivity contribution in [2.45, 2.75) is 12.8 Å². The van der Waals surface area contributed by atoms with E-state index in [1.54, 1.807) is 42.5 Å². The summed E-state index contributed by atoms with van der Waals surface area (Å²) < 4.78 is 11.0. The Bertz CT molecular complexity index is 1070. The number of thiazole rings is 1. The summed E-state index contributed by atoms with van der Waals surface area (Å²) in [5.74, 6) is 0.907. The standard InChI is InChI=1S/C21H18ClN3O4S/c22-14-3-1-13(2-4-14)20(27)25-21-24-16(12-30-21)6-8-19(26)23-15-5-7-17-18(11-15)29-10-9-28-17/h1-5,7,11-12H,6,8-10H2,(H,23,26)(H,24,25,27). The fraction of sp³-hybridized carbons (Fsp3) is 0.190. The number of aromatic nitrogens is 1. The minimum Gasteiger partial charge on any atom is -0.486 e. The van der Waals surface area contributed by atoms with E-state index in [0.29, 0.717) is 52.5 Å². The molecule has 3 aromatic rings. The molecule has 1 aliphatic rings. The zero-order chi connectivity index (χ0) is 20.9. The lowest BCUT2D eigenvalue weighted by Gasteiger charge is -2.19. The second kappa shape index (κ2) is 9.15. The molecule has 0 spiro atoms. The van der Waals surface area contributed by atoms with Crippen LogP contribution in [0.2, 0.25) is 5.02 Å². The summed E-state index contributed by atoms with van der Waals surface area (Å²) in [6, 6.07) is 11.9. The number of fused-ring (bicyclic) bond motifs is 1. The van der Waals surface area contributed by atoms with Gasteiger partial charge >= 0.3 is 0 Å². The van der Waals surface area contributed by atoms with E-state index in [4.69, 9.17) is 21.1 Å². The van der Waals surface area contributed by atoms with Gasteiger partial charge in [0.1, 0.15) is 13.2 Å². The number of halogens is 1. The number of hydrogen-bond acceptors (Lipinski definition) is 6. The van der Waals surface area contributed by atoms with E-state index < -0.39 is 0 Å². The molecule has 0 unspecified atom stereocenters. The largest absolute Gasteiger partial charge is 0.486 e. The normalized spacial score (nSPS) is 12.3. The van der Waals surface area contributed by atoms with Gasteiger partial charge in [-0.1, -0.05) is 11.6 Å². The number of benzene rings is 2. The highest BCUT2D eigenvalue weighted by atomic mass is 35.5. The third kappa shape index (κ3) is 5.08. The van der Waals surface area contributed by atoms with E-state index in [2.05, 4.69) is 15.6 Å². The molecule has 0 radical (unpaired) electrons.